The third-order valence-corrected chi connectivity index (χ3v) is 5.17. The Hall–Kier alpha value is -2.26. The van der Waals surface area contributed by atoms with Gasteiger partial charge in [0.2, 0.25) is 0 Å². The second-order valence-corrected chi connectivity index (χ2v) is 7.16. The molecule has 0 aliphatic heterocycles. The molecule has 0 spiro atoms. The summed E-state index contributed by atoms with van der Waals surface area (Å²) in [5, 5.41) is 0. The average molecular weight is 415 g/mol. The van der Waals surface area contributed by atoms with Gasteiger partial charge in [0, 0.05) is 6.07 Å². The number of methoxy groups -OCH3 is 2. The van der Waals surface area contributed by atoms with E-state index in [9.17, 15) is 13.2 Å². The summed E-state index contributed by atoms with van der Waals surface area (Å²) >= 11 is 3.27. The zero-order chi connectivity index (χ0) is 17.9. The first kappa shape index (κ1) is 18.1. The molecule has 0 atom stereocenters. The number of para-hydroxylation sites is 1. The van der Waals surface area contributed by atoms with Gasteiger partial charge in [0.05, 0.1) is 29.9 Å². The molecule has 0 aromatic heterocycles. The van der Waals surface area contributed by atoms with Crippen LogP contribution in [-0.2, 0) is 10.0 Å². The first-order valence-electron chi connectivity index (χ1n) is 6.63. The molecule has 0 fully saturated rings. The molecule has 2 rings (SSSR count). The van der Waals surface area contributed by atoms with Gasteiger partial charge in [-0.3, -0.25) is 9.52 Å². The van der Waals surface area contributed by atoms with E-state index in [0.717, 1.165) is 0 Å². The fourth-order valence-electron chi connectivity index (χ4n) is 2.03. The summed E-state index contributed by atoms with van der Waals surface area (Å²) in [5.74, 6) is -0.306. The highest BCUT2D eigenvalue weighted by atomic mass is 79.9. The summed E-state index contributed by atoms with van der Waals surface area (Å²) in [6, 6.07) is 8.84. The van der Waals surface area contributed by atoms with Crippen LogP contribution in [0.25, 0.3) is 0 Å². The highest BCUT2D eigenvalue weighted by molar-refractivity contribution is 9.10. The van der Waals surface area contributed by atoms with Gasteiger partial charge < -0.3 is 15.2 Å². The zero-order valence-electron chi connectivity index (χ0n) is 12.9. The van der Waals surface area contributed by atoms with Crippen molar-refractivity contribution in [3.8, 4) is 11.5 Å². The maximum atomic E-state index is 12.7. The van der Waals surface area contributed by atoms with Crippen molar-refractivity contribution < 1.29 is 22.7 Å². The van der Waals surface area contributed by atoms with Crippen LogP contribution in [0.1, 0.15) is 10.4 Å². The van der Waals surface area contributed by atoms with Crippen molar-refractivity contribution in [1.29, 1.82) is 0 Å². The fourth-order valence-corrected chi connectivity index (χ4v) is 3.76. The molecule has 128 valence electrons. The van der Waals surface area contributed by atoms with E-state index in [4.69, 9.17) is 15.2 Å². The number of halogens is 1. The molecule has 0 aliphatic carbocycles. The van der Waals surface area contributed by atoms with Crippen molar-refractivity contribution in [2.75, 3.05) is 18.9 Å². The van der Waals surface area contributed by atoms with E-state index < -0.39 is 15.9 Å². The maximum absolute atomic E-state index is 12.7. The number of carbonyl (C=O) groups is 1. The normalized spacial score (nSPS) is 11.0. The van der Waals surface area contributed by atoms with Crippen LogP contribution in [0.4, 0.5) is 5.69 Å². The molecule has 1 amide bonds. The number of benzene rings is 2. The minimum Gasteiger partial charge on any atom is -0.496 e. The third-order valence-electron chi connectivity index (χ3n) is 3.16. The zero-order valence-corrected chi connectivity index (χ0v) is 15.3. The Morgan fingerprint density at radius 3 is 2.33 bits per heavy atom. The van der Waals surface area contributed by atoms with E-state index in [1.165, 1.54) is 38.5 Å². The monoisotopic (exact) mass is 414 g/mol. The van der Waals surface area contributed by atoms with E-state index in [1.807, 2.05) is 0 Å². The van der Waals surface area contributed by atoms with E-state index in [2.05, 4.69) is 20.7 Å². The molecule has 0 heterocycles. The number of nitrogens with one attached hydrogen (secondary N) is 1. The van der Waals surface area contributed by atoms with Crippen LogP contribution >= 0.6 is 15.9 Å². The average Bonchev–Trinajstić information content (AvgIpc) is 2.54. The van der Waals surface area contributed by atoms with Crippen LogP contribution < -0.4 is 19.9 Å². The number of rotatable bonds is 6. The first-order valence-corrected chi connectivity index (χ1v) is 8.91. The molecule has 9 heteroatoms. The second kappa shape index (κ2) is 7.10. The minimum atomic E-state index is -4.05. The lowest BCUT2D eigenvalue weighted by molar-refractivity contribution is 0.100. The van der Waals surface area contributed by atoms with Crippen molar-refractivity contribution in [3.63, 3.8) is 0 Å². The van der Waals surface area contributed by atoms with E-state index in [1.54, 1.807) is 12.1 Å². The number of sulfonamides is 1. The molecule has 2 aromatic carbocycles. The second-order valence-electron chi connectivity index (χ2n) is 4.65. The molecule has 0 bridgehead atoms. The van der Waals surface area contributed by atoms with Crippen molar-refractivity contribution in [2.45, 2.75) is 4.90 Å². The van der Waals surface area contributed by atoms with E-state index in [0.29, 0.717) is 10.2 Å². The number of primary amides is 1. The number of hydrogen-bond acceptors (Lipinski definition) is 5. The molecule has 2 aromatic rings. The number of amides is 1. The Bertz CT molecular complexity index is 883. The molecule has 0 unspecified atom stereocenters. The van der Waals surface area contributed by atoms with Gasteiger partial charge in [-0.2, -0.15) is 0 Å². The van der Waals surface area contributed by atoms with Crippen LogP contribution in [0.3, 0.4) is 0 Å². The smallest absolute Gasteiger partial charge is 0.265 e. The van der Waals surface area contributed by atoms with E-state index >= 15 is 0 Å². The Labute approximate surface area is 147 Å². The van der Waals surface area contributed by atoms with Gasteiger partial charge in [0.25, 0.3) is 15.9 Å². The predicted molar refractivity (Wildman–Crippen MR) is 93.0 cm³/mol. The topological polar surface area (TPSA) is 108 Å². The Morgan fingerprint density at radius 2 is 1.75 bits per heavy atom. The molecule has 0 saturated heterocycles. The Balaban J connectivity index is 2.54. The largest absolute Gasteiger partial charge is 0.496 e. The molecular formula is C15H15BrN2O5S. The van der Waals surface area contributed by atoms with Gasteiger partial charge in [-0.15, -0.1) is 0 Å². The number of anilines is 1. The summed E-state index contributed by atoms with van der Waals surface area (Å²) in [4.78, 5) is 11.3. The lowest BCUT2D eigenvalue weighted by Gasteiger charge is -2.15. The number of nitrogens with two attached hydrogens (primary N) is 1. The number of hydrogen-bond donors (Lipinski definition) is 2. The molecular weight excluding hydrogens is 400 g/mol. The number of ether oxygens (including phenoxy) is 2. The van der Waals surface area contributed by atoms with Crippen LogP contribution in [0.2, 0.25) is 0 Å². The van der Waals surface area contributed by atoms with Gasteiger partial charge in [0.15, 0.2) is 0 Å². The van der Waals surface area contributed by atoms with Gasteiger partial charge in [-0.25, -0.2) is 8.42 Å². The van der Waals surface area contributed by atoms with Crippen molar-refractivity contribution in [2.24, 2.45) is 5.73 Å². The molecule has 0 radical (unpaired) electrons. The van der Waals surface area contributed by atoms with Gasteiger partial charge in [0.1, 0.15) is 16.4 Å². The van der Waals surface area contributed by atoms with E-state index in [-0.39, 0.29) is 21.9 Å². The molecule has 24 heavy (non-hydrogen) atoms. The summed E-state index contributed by atoms with van der Waals surface area (Å²) in [5.41, 5.74) is 5.41. The number of carbonyl (C=O) groups excluding carboxylic acids is 1. The summed E-state index contributed by atoms with van der Waals surface area (Å²) in [6.07, 6.45) is 0. The van der Waals surface area contributed by atoms with Crippen LogP contribution in [0.5, 0.6) is 11.5 Å². The highest BCUT2D eigenvalue weighted by Crippen LogP contribution is 2.36. The maximum Gasteiger partial charge on any atom is 0.265 e. The molecule has 3 N–H and O–H groups in total. The van der Waals surface area contributed by atoms with Crippen LogP contribution in [0.15, 0.2) is 45.8 Å². The van der Waals surface area contributed by atoms with Crippen molar-refractivity contribution in [3.05, 3.63) is 46.4 Å². The standard InChI is InChI=1S/C15H15BrN2O5S/c1-22-12-8-14(13(23-2)7-10(12)16)24(20,21)18-11-6-4-3-5-9(11)15(17)19/h3-8,18H,1-2H3,(H2,17,19). The van der Waals surface area contributed by atoms with Crippen LogP contribution in [-0.4, -0.2) is 28.5 Å². The third kappa shape index (κ3) is 3.62. The molecule has 0 saturated carbocycles. The summed E-state index contributed by atoms with van der Waals surface area (Å²) < 4.78 is 38.6. The molecule has 7 nitrogen and oxygen atoms in total. The molecule has 0 aliphatic rings. The Kier molecular flexibility index (Phi) is 5.35. The van der Waals surface area contributed by atoms with Gasteiger partial charge in [-0.1, -0.05) is 12.1 Å². The van der Waals surface area contributed by atoms with Gasteiger partial charge in [-0.05, 0) is 34.1 Å². The van der Waals surface area contributed by atoms with Crippen LogP contribution in [0, 0.1) is 0 Å². The predicted octanol–water partition coefficient (Wildman–Crippen LogP) is 2.37. The highest BCUT2D eigenvalue weighted by Gasteiger charge is 2.24. The SMILES string of the molecule is COc1cc(S(=O)(=O)Nc2ccccc2C(N)=O)c(OC)cc1Br. The van der Waals surface area contributed by atoms with Crippen molar-refractivity contribution in [1.82, 2.24) is 0 Å². The lowest BCUT2D eigenvalue weighted by Crippen LogP contribution is -2.19. The fraction of sp³-hybridized carbons (Fsp3) is 0.133. The minimum absolute atomic E-state index is 0.0594. The quantitative estimate of drug-likeness (QED) is 0.753. The first-order chi connectivity index (χ1) is 11.3. The summed E-state index contributed by atoms with van der Waals surface area (Å²) in [7, 11) is -1.28. The van der Waals surface area contributed by atoms with Crippen molar-refractivity contribution >= 4 is 37.5 Å². The summed E-state index contributed by atoms with van der Waals surface area (Å²) in [6.45, 7) is 0. The Morgan fingerprint density at radius 1 is 1.12 bits per heavy atom. The lowest BCUT2D eigenvalue weighted by atomic mass is 10.2. The van der Waals surface area contributed by atoms with Gasteiger partial charge >= 0.3 is 0 Å².